The van der Waals surface area contributed by atoms with Crippen molar-refractivity contribution in [3.63, 3.8) is 0 Å². The fourth-order valence-corrected chi connectivity index (χ4v) is 7.49. The molecule has 8 rings (SSSR count). The van der Waals surface area contributed by atoms with Crippen molar-refractivity contribution in [3.05, 3.63) is 94.1 Å². The van der Waals surface area contributed by atoms with Gasteiger partial charge in [-0.1, -0.05) is 22.4 Å². The van der Waals surface area contributed by atoms with Crippen molar-refractivity contribution in [2.45, 2.75) is 99.1 Å². The average molecular weight is 815 g/mol. The standard InChI is InChI=1S/C24H28N6O2.C20H26N6O2/c1-13-10-18(31-5)8-9-19(13)22-16(4)28-30-21(12-15(3)26-23(22)30)25-14(2)11-20-27-24(32-29-20)17-6-7-17;1-11-8-15(28-5)6-7-16(11)19-14(4)24-26-18(10-13(3)23-20(19)26)22-12(2)9-17(21)25-27/h8-10,12,14,17,25H,6-7,11H2,1-5H3;6-8,10,12,22,27H,9H2,1-5H3,(H2,21,25)/t14-;12-/m11/s1. The van der Waals surface area contributed by atoms with Crippen LogP contribution < -0.4 is 25.8 Å². The fourth-order valence-electron chi connectivity index (χ4n) is 7.49. The van der Waals surface area contributed by atoms with Gasteiger partial charge in [-0.2, -0.15) is 24.2 Å². The van der Waals surface area contributed by atoms with Gasteiger partial charge in [-0.15, -0.1) is 0 Å². The molecular weight excluding hydrogens is 761 g/mol. The van der Waals surface area contributed by atoms with Gasteiger partial charge in [-0.25, -0.2) is 9.97 Å². The van der Waals surface area contributed by atoms with Gasteiger partial charge in [-0.05, 0) is 115 Å². The number of aromatic nitrogens is 8. The van der Waals surface area contributed by atoms with Crippen LogP contribution >= 0.6 is 0 Å². The SMILES string of the molecule is COc1ccc(-c2c(C)nn3c(N[C@H](C)C/C(N)=N/O)cc(C)nc23)c(C)c1.COc1ccc(-c2c(C)nn3c(N[C@H](C)Cc4noc(C5CC5)n4)cc(C)nc23)c(C)c1. The second-order valence-electron chi connectivity index (χ2n) is 15.7. The van der Waals surface area contributed by atoms with Crippen LogP contribution in [0.25, 0.3) is 33.5 Å². The molecule has 0 radical (unpaired) electrons. The van der Waals surface area contributed by atoms with Crippen LogP contribution in [0.1, 0.15) is 84.6 Å². The average Bonchev–Trinajstić information content (AvgIpc) is 3.74. The van der Waals surface area contributed by atoms with Crippen molar-refractivity contribution in [1.82, 2.24) is 39.3 Å². The largest absolute Gasteiger partial charge is 0.497 e. The first-order valence-corrected chi connectivity index (χ1v) is 20.1. The third-order valence-electron chi connectivity index (χ3n) is 10.5. The molecule has 0 amide bonds. The zero-order valence-electron chi connectivity index (χ0n) is 36.0. The van der Waals surface area contributed by atoms with Crippen LogP contribution in [0, 0.1) is 41.5 Å². The Morgan fingerprint density at radius 3 is 1.73 bits per heavy atom. The molecule has 60 heavy (non-hydrogen) atoms. The van der Waals surface area contributed by atoms with E-state index < -0.39 is 0 Å². The van der Waals surface area contributed by atoms with Gasteiger partial charge < -0.3 is 35.6 Å². The maximum atomic E-state index is 8.79. The van der Waals surface area contributed by atoms with E-state index in [-0.39, 0.29) is 17.9 Å². The monoisotopic (exact) mass is 814 g/mol. The predicted molar refractivity (Wildman–Crippen MR) is 233 cm³/mol. The summed E-state index contributed by atoms with van der Waals surface area (Å²) in [5.41, 5.74) is 17.3. The minimum atomic E-state index is -0.0448. The van der Waals surface area contributed by atoms with E-state index in [2.05, 4.69) is 52.8 Å². The lowest BCUT2D eigenvalue weighted by molar-refractivity contribution is 0.316. The number of nitrogens with zero attached hydrogens (tertiary/aromatic N) is 9. The number of nitrogens with one attached hydrogen (secondary N) is 2. The van der Waals surface area contributed by atoms with Gasteiger partial charge in [0, 0.05) is 65.5 Å². The molecule has 1 aliphatic rings. The van der Waals surface area contributed by atoms with E-state index in [1.54, 1.807) is 14.2 Å². The molecule has 16 nitrogen and oxygen atoms in total. The highest BCUT2D eigenvalue weighted by molar-refractivity contribution is 5.84. The van der Waals surface area contributed by atoms with Gasteiger partial charge in [0.25, 0.3) is 0 Å². The van der Waals surface area contributed by atoms with Gasteiger partial charge in [0.05, 0.1) is 25.6 Å². The van der Waals surface area contributed by atoms with Crippen LogP contribution in [0.15, 0.2) is 58.2 Å². The summed E-state index contributed by atoms with van der Waals surface area (Å²) in [5, 5.41) is 32.5. The van der Waals surface area contributed by atoms with E-state index in [0.29, 0.717) is 18.8 Å². The molecule has 0 spiro atoms. The van der Waals surface area contributed by atoms with Gasteiger partial charge in [0.15, 0.2) is 17.1 Å². The van der Waals surface area contributed by atoms with Crippen LogP contribution in [0.4, 0.5) is 11.6 Å². The Morgan fingerprint density at radius 1 is 0.783 bits per heavy atom. The number of hydrogen-bond acceptors (Lipinski definition) is 13. The molecule has 2 aromatic carbocycles. The number of amidine groups is 1. The summed E-state index contributed by atoms with van der Waals surface area (Å²) in [7, 11) is 3.34. The lowest BCUT2D eigenvalue weighted by atomic mass is 10.0. The minimum absolute atomic E-state index is 0.0448. The molecule has 1 aliphatic carbocycles. The van der Waals surface area contributed by atoms with E-state index >= 15 is 0 Å². The number of fused-ring (bicyclic) bond motifs is 2. The minimum Gasteiger partial charge on any atom is -0.497 e. The molecule has 2 atom stereocenters. The van der Waals surface area contributed by atoms with Crippen molar-refractivity contribution < 1.29 is 19.2 Å². The number of rotatable bonds is 13. The number of benzene rings is 2. The van der Waals surface area contributed by atoms with Gasteiger partial charge in [0.1, 0.15) is 29.0 Å². The molecule has 7 aromatic rings. The van der Waals surface area contributed by atoms with Crippen LogP contribution in [0.3, 0.4) is 0 Å². The zero-order valence-corrected chi connectivity index (χ0v) is 36.0. The fraction of sp³-hybridized carbons (Fsp3) is 0.386. The first-order chi connectivity index (χ1) is 28.8. The Hall–Kier alpha value is -6.71. The number of ether oxygens (including phenoxy) is 2. The summed E-state index contributed by atoms with van der Waals surface area (Å²) in [6.45, 7) is 16.2. The summed E-state index contributed by atoms with van der Waals surface area (Å²) in [5.74, 6) is 5.51. The summed E-state index contributed by atoms with van der Waals surface area (Å²) < 4.78 is 19.8. The molecule has 0 aliphatic heterocycles. The van der Waals surface area contributed by atoms with Crippen molar-refractivity contribution in [1.29, 1.82) is 0 Å². The van der Waals surface area contributed by atoms with E-state index in [1.165, 1.54) is 0 Å². The summed E-state index contributed by atoms with van der Waals surface area (Å²) >= 11 is 0. The first-order valence-electron chi connectivity index (χ1n) is 20.1. The molecule has 1 saturated carbocycles. The number of aryl methyl sites for hydroxylation is 6. The van der Waals surface area contributed by atoms with E-state index in [4.69, 9.17) is 45.1 Å². The number of anilines is 2. The Labute approximate surface area is 349 Å². The molecule has 5 heterocycles. The highest BCUT2D eigenvalue weighted by atomic mass is 16.5. The normalized spacial score (nSPS) is 13.9. The second kappa shape index (κ2) is 17.3. The third-order valence-corrected chi connectivity index (χ3v) is 10.5. The number of methoxy groups -OCH3 is 2. The lowest BCUT2D eigenvalue weighted by Gasteiger charge is -2.16. The maximum absolute atomic E-state index is 8.79. The van der Waals surface area contributed by atoms with Crippen molar-refractivity contribution in [2.24, 2.45) is 10.9 Å². The molecule has 0 bridgehead atoms. The van der Waals surface area contributed by atoms with Crippen LogP contribution in [-0.4, -0.2) is 76.7 Å². The topological polar surface area (TPSA) is 200 Å². The zero-order chi connectivity index (χ0) is 42.8. The summed E-state index contributed by atoms with van der Waals surface area (Å²) in [6, 6.07) is 16.1. The van der Waals surface area contributed by atoms with Crippen LogP contribution in [0.2, 0.25) is 0 Å². The number of nitrogens with two attached hydrogens (primary N) is 1. The maximum Gasteiger partial charge on any atom is 0.229 e. The summed E-state index contributed by atoms with van der Waals surface area (Å²) in [6.07, 6.45) is 3.38. The van der Waals surface area contributed by atoms with Crippen molar-refractivity contribution in [2.75, 3.05) is 24.9 Å². The van der Waals surface area contributed by atoms with Crippen LogP contribution in [-0.2, 0) is 6.42 Å². The van der Waals surface area contributed by atoms with Gasteiger partial charge in [-0.3, -0.25) is 0 Å². The second-order valence-corrected chi connectivity index (χ2v) is 15.7. The molecule has 1 fully saturated rings. The Kier molecular flexibility index (Phi) is 11.9. The van der Waals surface area contributed by atoms with E-state index in [0.717, 1.165) is 115 Å². The smallest absolute Gasteiger partial charge is 0.229 e. The highest BCUT2D eigenvalue weighted by Crippen LogP contribution is 2.39. The third kappa shape index (κ3) is 8.82. The van der Waals surface area contributed by atoms with Gasteiger partial charge >= 0.3 is 0 Å². The molecular formula is C44H54N12O4. The summed E-state index contributed by atoms with van der Waals surface area (Å²) in [4.78, 5) is 14.1. The quantitative estimate of drug-likeness (QED) is 0.0379. The Balaban J connectivity index is 0.000000183. The molecule has 0 unspecified atom stereocenters. The van der Waals surface area contributed by atoms with E-state index in [9.17, 15) is 0 Å². The molecule has 314 valence electrons. The van der Waals surface area contributed by atoms with Gasteiger partial charge in [0.2, 0.25) is 5.89 Å². The molecule has 16 heteroatoms. The Morgan fingerprint density at radius 2 is 1.28 bits per heavy atom. The van der Waals surface area contributed by atoms with Crippen LogP contribution in [0.5, 0.6) is 11.5 Å². The predicted octanol–water partition coefficient (Wildman–Crippen LogP) is 7.90. The van der Waals surface area contributed by atoms with Crippen molar-refractivity contribution >= 4 is 28.8 Å². The van der Waals surface area contributed by atoms with Crippen molar-refractivity contribution in [3.8, 4) is 33.8 Å². The molecule has 5 N–H and O–H groups in total. The first kappa shape index (κ1) is 41.4. The number of oxime groups is 1. The van der Waals surface area contributed by atoms with E-state index in [1.807, 2.05) is 86.1 Å². The lowest BCUT2D eigenvalue weighted by Crippen LogP contribution is -2.25. The molecule has 5 aromatic heterocycles. The Bertz CT molecular complexity index is 2690. The molecule has 0 saturated heterocycles. The number of hydrogen-bond donors (Lipinski definition) is 4. The highest BCUT2D eigenvalue weighted by Gasteiger charge is 2.30.